The topological polar surface area (TPSA) is 23.5 Å². The minimum absolute atomic E-state index is 0.474. The zero-order chi connectivity index (χ0) is 8.48. The first-order chi connectivity index (χ1) is 5.00. The third-order valence-corrected chi connectivity index (χ3v) is 3.40. The largest absolute Gasteiger partial charge is 0.390 e. The standard InChI is InChI=1S/C8H16INO/c1-8(2,11)7-3-5-10(9)6-4-7/h7,11H,3-6H2,1-2H3. The van der Waals surface area contributed by atoms with Crippen LogP contribution in [0.3, 0.4) is 0 Å². The van der Waals surface area contributed by atoms with Crippen LogP contribution in [0.2, 0.25) is 0 Å². The van der Waals surface area contributed by atoms with Crippen molar-refractivity contribution in [1.82, 2.24) is 3.11 Å². The maximum absolute atomic E-state index is 9.71. The molecule has 11 heavy (non-hydrogen) atoms. The van der Waals surface area contributed by atoms with Gasteiger partial charge in [-0.15, -0.1) is 0 Å². The Morgan fingerprint density at radius 3 is 2.18 bits per heavy atom. The van der Waals surface area contributed by atoms with Crippen molar-refractivity contribution in [2.24, 2.45) is 5.92 Å². The van der Waals surface area contributed by atoms with Crippen molar-refractivity contribution in [3.63, 3.8) is 0 Å². The van der Waals surface area contributed by atoms with E-state index in [4.69, 9.17) is 0 Å². The Labute approximate surface area is 82.5 Å². The molecule has 66 valence electrons. The van der Waals surface area contributed by atoms with Crippen LogP contribution >= 0.6 is 22.9 Å². The molecule has 2 nitrogen and oxygen atoms in total. The smallest absolute Gasteiger partial charge is 0.0620 e. The molecule has 0 saturated carbocycles. The Morgan fingerprint density at radius 2 is 1.82 bits per heavy atom. The van der Waals surface area contributed by atoms with Gasteiger partial charge in [-0.1, -0.05) is 0 Å². The van der Waals surface area contributed by atoms with Crippen molar-refractivity contribution < 1.29 is 5.11 Å². The number of hydrogen-bond acceptors (Lipinski definition) is 2. The first-order valence-electron chi connectivity index (χ1n) is 4.13. The van der Waals surface area contributed by atoms with Crippen LogP contribution < -0.4 is 0 Å². The second-order valence-corrected chi connectivity index (χ2v) is 5.20. The van der Waals surface area contributed by atoms with Crippen LogP contribution in [0.4, 0.5) is 0 Å². The lowest BCUT2D eigenvalue weighted by Gasteiger charge is -2.35. The average molecular weight is 269 g/mol. The summed E-state index contributed by atoms with van der Waals surface area (Å²) in [6.07, 6.45) is 2.26. The van der Waals surface area contributed by atoms with E-state index in [-0.39, 0.29) is 0 Å². The maximum Gasteiger partial charge on any atom is 0.0620 e. The summed E-state index contributed by atoms with van der Waals surface area (Å²) in [5.41, 5.74) is -0.474. The summed E-state index contributed by atoms with van der Waals surface area (Å²) in [7, 11) is 0. The van der Waals surface area contributed by atoms with Gasteiger partial charge in [0.25, 0.3) is 0 Å². The second kappa shape index (κ2) is 3.58. The zero-order valence-electron chi connectivity index (χ0n) is 7.18. The molecule has 0 unspecified atom stereocenters. The highest BCUT2D eigenvalue weighted by atomic mass is 127. The number of piperidine rings is 1. The van der Waals surface area contributed by atoms with E-state index in [2.05, 4.69) is 26.0 Å². The second-order valence-electron chi connectivity index (χ2n) is 3.84. The summed E-state index contributed by atoms with van der Waals surface area (Å²) in [6, 6.07) is 0. The normalized spacial score (nSPS) is 24.0. The molecule has 1 saturated heterocycles. The summed E-state index contributed by atoms with van der Waals surface area (Å²) in [6.45, 7) is 6.07. The Morgan fingerprint density at radius 1 is 1.36 bits per heavy atom. The number of aliphatic hydroxyl groups is 1. The Bertz CT molecular complexity index is 125. The molecule has 1 aliphatic rings. The van der Waals surface area contributed by atoms with Gasteiger partial charge in [-0.2, -0.15) is 0 Å². The molecule has 0 bridgehead atoms. The van der Waals surface area contributed by atoms with Gasteiger partial charge in [-0.25, -0.2) is 3.11 Å². The van der Waals surface area contributed by atoms with Crippen molar-refractivity contribution in [2.45, 2.75) is 32.3 Å². The third-order valence-electron chi connectivity index (χ3n) is 2.44. The van der Waals surface area contributed by atoms with E-state index in [1.54, 1.807) is 0 Å². The molecule has 1 heterocycles. The van der Waals surface area contributed by atoms with Crippen LogP contribution in [0.1, 0.15) is 26.7 Å². The molecular weight excluding hydrogens is 253 g/mol. The molecule has 0 atom stereocenters. The Balaban J connectivity index is 2.39. The highest BCUT2D eigenvalue weighted by molar-refractivity contribution is 14.1. The summed E-state index contributed by atoms with van der Waals surface area (Å²) in [5, 5.41) is 9.71. The van der Waals surface area contributed by atoms with Crippen molar-refractivity contribution in [1.29, 1.82) is 0 Å². The van der Waals surface area contributed by atoms with Gasteiger partial charge in [0, 0.05) is 36.0 Å². The molecule has 0 radical (unpaired) electrons. The number of halogens is 1. The minimum atomic E-state index is -0.474. The first-order valence-corrected chi connectivity index (χ1v) is 5.10. The van der Waals surface area contributed by atoms with E-state index in [1.807, 2.05) is 13.8 Å². The number of nitrogens with zero attached hydrogens (tertiary/aromatic N) is 1. The molecule has 0 aliphatic carbocycles. The monoisotopic (exact) mass is 269 g/mol. The zero-order valence-corrected chi connectivity index (χ0v) is 9.34. The van der Waals surface area contributed by atoms with Gasteiger partial charge in [-0.05, 0) is 32.6 Å². The summed E-state index contributed by atoms with van der Waals surface area (Å²) in [5.74, 6) is 0.494. The highest BCUT2D eigenvalue weighted by Crippen LogP contribution is 2.28. The quantitative estimate of drug-likeness (QED) is 0.580. The fourth-order valence-electron chi connectivity index (χ4n) is 1.55. The van der Waals surface area contributed by atoms with Crippen LogP contribution in [-0.4, -0.2) is 26.9 Å². The van der Waals surface area contributed by atoms with Crippen LogP contribution in [0.15, 0.2) is 0 Å². The molecule has 0 aromatic rings. The van der Waals surface area contributed by atoms with Gasteiger partial charge in [-0.3, -0.25) is 0 Å². The SMILES string of the molecule is CC(C)(O)C1CCN(I)CC1. The summed E-state index contributed by atoms with van der Waals surface area (Å²) >= 11 is 2.35. The number of hydrogen-bond donors (Lipinski definition) is 1. The molecule has 1 aliphatic heterocycles. The van der Waals surface area contributed by atoms with Crippen LogP contribution in [0.5, 0.6) is 0 Å². The van der Waals surface area contributed by atoms with Crippen molar-refractivity contribution in [3.8, 4) is 0 Å². The first kappa shape index (κ1) is 9.74. The fourth-order valence-corrected chi connectivity index (χ4v) is 2.11. The Kier molecular flexibility index (Phi) is 3.17. The van der Waals surface area contributed by atoms with E-state index in [0.29, 0.717) is 5.92 Å². The van der Waals surface area contributed by atoms with Crippen molar-refractivity contribution in [2.75, 3.05) is 13.1 Å². The molecule has 1 fully saturated rings. The van der Waals surface area contributed by atoms with Gasteiger partial charge >= 0.3 is 0 Å². The van der Waals surface area contributed by atoms with Crippen molar-refractivity contribution >= 4 is 22.9 Å². The van der Waals surface area contributed by atoms with E-state index in [9.17, 15) is 5.11 Å². The van der Waals surface area contributed by atoms with Crippen LogP contribution in [-0.2, 0) is 0 Å². The van der Waals surface area contributed by atoms with E-state index in [0.717, 1.165) is 25.9 Å². The lowest BCUT2D eigenvalue weighted by molar-refractivity contribution is -0.00146. The summed E-state index contributed by atoms with van der Waals surface area (Å²) < 4.78 is 2.29. The predicted octanol–water partition coefficient (Wildman–Crippen LogP) is 1.82. The van der Waals surface area contributed by atoms with E-state index >= 15 is 0 Å². The molecular formula is C8H16INO. The maximum atomic E-state index is 9.71. The lowest BCUT2D eigenvalue weighted by atomic mass is 9.84. The van der Waals surface area contributed by atoms with Gasteiger partial charge in [0.05, 0.1) is 5.60 Å². The molecule has 0 spiro atoms. The minimum Gasteiger partial charge on any atom is -0.390 e. The van der Waals surface area contributed by atoms with Crippen LogP contribution in [0, 0.1) is 5.92 Å². The highest BCUT2D eigenvalue weighted by Gasteiger charge is 2.29. The van der Waals surface area contributed by atoms with Crippen LogP contribution in [0.25, 0.3) is 0 Å². The van der Waals surface area contributed by atoms with Gasteiger partial charge in [0.2, 0.25) is 0 Å². The van der Waals surface area contributed by atoms with Crippen molar-refractivity contribution in [3.05, 3.63) is 0 Å². The predicted molar refractivity (Wildman–Crippen MR) is 54.6 cm³/mol. The summed E-state index contributed by atoms with van der Waals surface area (Å²) in [4.78, 5) is 0. The molecule has 0 aromatic heterocycles. The average Bonchev–Trinajstić information content (AvgIpc) is 1.86. The number of rotatable bonds is 1. The van der Waals surface area contributed by atoms with E-state index in [1.165, 1.54) is 0 Å². The van der Waals surface area contributed by atoms with Gasteiger partial charge in [0.15, 0.2) is 0 Å². The fraction of sp³-hybridized carbons (Fsp3) is 1.00. The van der Waals surface area contributed by atoms with E-state index < -0.39 is 5.60 Å². The molecule has 1 N–H and O–H groups in total. The molecule has 0 amide bonds. The van der Waals surface area contributed by atoms with Gasteiger partial charge < -0.3 is 5.11 Å². The molecule has 0 aromatic carbocycles. The molecule has 1 rings (SSSR count). The lowest BCUT2D eigenvalue weighted by Crippen LogP contribution is -2.38. The molecule has 3 heteroatoms. The third kappa shape index (κ3) is 2.87. The van der Waals surface area contributed by atoms with Gasteiger partial charge in [0.1, 0.15) is 0 Å². The Hall–Kier alpha value is 0.650.